The van der Waals surface area contributed by atoms with E-state index in [1.165, 1.54) is 31.2 Å². The van der Waals surface area contributed by atoms with Crippen LogP contribution in [0.4, 0.5) is 0 Å². The Bertz CT molecular complexity index is 703. The van der Waals surface area contributed by atoms with Crippen LogP contribution >= 0.6 is 0 Å². The molecule has 0 bridgehead atoms. The number of hydrogen-bond donors (Lipinski definition) is 1. The van der Waals surface area contributed by atoms with Gasteiger partial charge in [0.05, 0.1) is 18.8 Å². The molecule has 1 aromatic carbocycles. The molecule has 0 radical (unpaired) electrons. The topological polar surface area (TPSA) is 82.1 Å². The first-order chi connectivity index (χ1) is 14.6. The average Bonchev–Trinajstić information content (AvgIpc) is 2.73. The zero-order chi connectivity index (χ0) is 22.0. The molecule has 0 amide bonds. The summed E-state index contributed by atoms with van der Waals surface area (Å²) in [7, 11) is 0. The van der Waals surface area contributed by atoms with Crippen LogP contribution < -0.4 is 4.74 Å². The molecule has 6 nitrogen and oxygen atoms in total. The number of allylic oxidation sites excluding steroid dienone is 6. The molecule has 164 valence electrons. The summed E-state index contributed by atoms with van der Waals surface area (Å²) in [5, 5.41) is 9.40. The van der Waals surface area contributed by atoms with Gasteiger partial charge in [-0.1, -0.05) is 49.8 Å². The van der Waals surface area contributed by atoms with Crippen molar-refractivity contribution in [3.63, 3.8) is 0 Å². The van der Waals surface area contributed by atoms with E-state index in [-0.39, 0.29) is 13.2 Å². The van der Waals surface area contributed by atoms with E-state index >= 15 is 0 Å². The first-order valence-corrected chi connectivity index (χ1v) is 10.2. The smallest absolute Gasteiger partial charge is 0.338 e. The maximum Gasteiger partial charge on any atom is 0.338 e. The summed E-state index contributed by atoms with van der Waals surface area (Å²) in [5.74, 6) is -0.664. The third-order valence-corrected chi connectivity index (χ3v) is 3.85. The molecule has 1 aromatic rings. The molecule has 0 aliphatic rings. The predicted molar refractivity (Wildman–Crippen MR) is 116 cm³/mol. The standard InChI is InChI=1S/C24H32O6/c1-3-4-5-6-7-8-9-10-11-12-17-28-19-23(18-25)30-24(27)21-13-15-22(16-14-21)29-20(2)26/h5-10,13-16,23,25H,3-4,11-12,17-19H2,1-2H3/b6-5+,8-7-,10-9+. The predicted octanol–water partition coefficient (Wildman–Crippen LogP) is 4.40. The van der Waals surface area contributed by atoms with Crippen molar-refractivity contribution in [2.75, 3.05) is 19.8 Å². The monoisotopic (exact) mass is 416 g/mol. The van der Waals surface area contributed by atoms with Gasteiger partial charge in [0, 0.05) is 13.5 Å². The van der Waals surface area contributed by atoms with Crippen LogP contribution in [0.3, 0.4) is 0 Å². The van der Waals surface area contributed by atoms with Crippen molar-refractivity contribution >= 4 is 11.9 Å². The number of hydrogen-bond acceptors (Lipinski definition) is 6. The largest absolute Gasteiger partial charge is 0.454 e. The molecule has 0 fully saturated rings. The minimum atomic E-state index is -0.737. The number of aliphatic hydroxyl groups excluding tert-OH is 1. The Labute approximate surface area is 178 Å². The lowest BCUT2D eigenvalue weighted by Gasteiger charge is -2.15. The second kappa shape index (κ2) is 16.1. The number of carbonyl (C=O) groups excluding carboxylic acids is 2. The lowest BCUT2D eigenvalue weighted by atomic mass is 10.2. The number of rotatable bonds is 14. The molecular weight excluding hydrogens is 384 g/mol. The molecule has 0 saturated carbocycles. The first kappa shape index (κ1) is 25.3. The molecule has 0 aliphatic heterocycles. The van der Waals surface area contributed by atoms with Crippen molar-refractivity contribution in [3.8, 4) is 5.75 Å². The number of aliphatic hydroxyl groups is 1. The van der Waals surface area contributed by atoms with Gasteiger partial charge in [-0.25, -0.2) is 4.79 Å². The summed E-state index contributed by atoms with van der Waals surface area (Å²) >= 11 is 0. The van der Waals surface area contributed by atoms with E-state index in [2.05, 4.69) is 19.1 Å². The summed E-state index contributed by atoms with van der Waals surface area (Å²) in [6.45, 7) is 3.76. The summed E-state index contributed by atoms with van der Waals surface area (Å²) in [4.78, 5) is 23.1. The van der Waals surface area contributed by atoms with Crippen molar-refractivity contribution in [1.82, 2.24) is 0 Å². The van der Waals surface area contributed by atoms with E-state index in [1.807, 2.05) is 24.3 Å². The van der Waals surface area contributed by atoms with E-state index in [1.54, 1.807) is 0 Å². The van der Waals surface area contributed by atoms with Gasteiger partial charge in [0.2, 0.25) is 0 Å². The highest BCUT2D eigenvalue weighted by Gasteiger charge is 2.15. The van der Waals surface area contributed by atoms with Crippen LogP contribution in [0.1, 0.15) is 49.9 Å². The average molecular weight is 417 g/mol. The Morgan fingerprint density at radius 1 is 1.03 bits per heavy atom. The lowest BCUT2D eigenvalue weighted by Crippen LogP contribution is -2.27. The number of benzene rings is 1. The molecule has 1 unspecified atom stereocenters. The molecule has 0 aliphatic carbocycles. The highest BCUT2D eigenvalue weighted by Crippen LogP contribution is 2.14. The van der Waals surface area contributed by atoms with Crippen LogP contribution in [0.25, 0.3) is 0 Å². The highest BCUT2D eigenvalue weighted by molar-refractivity contribution is 5.89. The molecule has 0 saturated heterocycles. The van der Waals surface area contributed by atoms with E-state index < -0.39 is 18.0 Å². The maximum absolute atomic E-state index is 12.1. The van der Waals surface area contributed by atoms with Gasteiger partial charge in [0.1, 0.15) is 11.9 Å². The second-order valence-electron chi connectivity index (χ2n) is 6.57. The lowest BCUT2D eigenvalue weighted by molar-refractivity contribution is -0.131. The Kier molecular flexibility index (Phi) is 13.6. The maximum atomic E-state index is 12.1. The van der Waals surface area contributed by atoms with Crippen LogP contribution in [-0.4, -0.2) is 43.0 Å². The molecular formula is C24H32O6. The van der Waals surface area contributed by atoms with Crippen LogP contribution in [-0.2, 0) is 14.3 Å². The van der Waals surface area contributed by atoms with Crippen molar-refractivity contribution in [2.45, 2.75) is 45.6 Å². The third-order valence-electron chi connectivity index (χ3n) is 3.85. The Morgan fingerprint density at radius 3 is 2.30 bits per heavy atom. The Morgan fingerprint density at radius 2 is 1.70 bits per heavy atom. The SMILES string of the molecule is CCC/C=C/C=C\C=C\CCCOCC(CO)OC(=O)c1ccc(OC(C)=O)cc1. The number of carbonyl (C=O) groups is 2. The van der Waals surface area contributed by atoms with E-state index in [4.69, 9.17) is 14.2 Å². The summed E-state index contributed by atoms with van der Waals surface area (Å²) < 4.78 is 15.7. The second-order valence-corrected chi connectivity index (χ2v) is 6.57. The molecule has 1 N–H and O–H groups in total. The quantitative estimate of drug-likeness (QED) is 0.210. The molecule has 0 spiro atoms. The minimum Gasteiger partial charge on any atom is -0.454 e. The van der Waals surface area contributed by atoms with Crippen LogP contribution in [0.5, 0.6) is 5.75 Å². The van der Waals surface area contributed by atoms with Crippen LogP contribution in [0, 0.1) is 0 Å². The summed E-state index contributed by atoms with van der Waals surface area (Å²) in [5.41, 5.74) is 0.298. The molecule has 0 heterocycles. The van der Waals surface area contributed by atoms with E-state index in [0.717, 1.165) is 25.7 Å². The third kappa shape index (κ3) is 12.0. The number of unbranched alkanes of at least 4 members (excludes halogenated alkanes) is 2. The van der Waals surface area contributed by atoms with Crippen molar-refractivity contribution < 1.29 is 28.9 Å². The van der Waals surface area contributed by atoms with Gasteiger partial charge in [0.25, 0.3) is 0 Å². The number of ether oxygens (including phenoxy) is 3. The number of esters is 2. The van der Waals surface area contributed by atoms with Gasteiger partial charge < -0.3 is 19.3 Å². The van der Waals surface area contributed by atoms with Crippen LogP contribution in [0.2, 0.25) is 0 Å². The van der Waals surface area contributed by atoms with E-state index in [9.17, 15) is 14.7 Å². The zero-order valence-electron chi connectivity index (χ0n) is 17.8. The molecule has 6 heteroatoms. The van der Waals surface area contributed by atoms with Crippen LogP contribution in [0.15, 0.2) is 60.7 Å². The normalized spacial score (nSPS) is 12.6. The summed E-state index contributed by atoms with van der Waals surface area (Å²) in [6.07, 6.45) is 15.5. The van der Waals surface area contributed by atoms with Gasteiger partial charge in [-0.3, -0.25) is 4.79 Å². The van der Waals surface area contributed by atoms with Gasteiger partial charge >= 0.3 is 11.9 Å². The van der Waals surface area contributed by atoms with Crippen molar-refractivity contribution in [2.24, 2.45) is 0 Å². The Balaban J connectivity index is 2.24. The first-order valence-electron chi connectivity index (χ1n) is 10.2. The minimum absolute atomic E-state index is 0.125. The molecule has 30 heavy (non-hydrogen) atoms. The molecule has 0 aromatic heterocycles. The Hall–Kier alpha value is -2.70. The van der Waals surface area contributed by atoms with Crippen molar-refractivity contribution in [1.29, 1.82) is 0 Å². The molecule has 1 atom stereocenters. The van der Waals surface area contributed by atoms with Gasteiger partial charge in [0.15, 0.2) is 0 Å². The van der Waals surface area contributed by atoms with Crippen molar-refractivity contribution in [3.05, 3.63) is 66.3 Å². The summed E-state index contributed by atoms with van der Waals surface area (Å²) in [6, 6.07) is 6.01. The zero-order valence-corrected chi connectivity index (χ0v) is 17.8. The highest BCUT2D eigenvalue weighted by atomic mass is 16.6. The van der Waals surface area contributed by atoms with E-state index in [0.29, 0.717) is 17.9 Å². The fourth-order valence-corrected chi connectivity index (χ4v) is 2.33. The van der Waals surface area contributed by atoms with Gasteiger partial charge in [-0.15, -0.1) is 0 Å². The fraction of sp³-hybridized carbons (Fsp3) is 0.417. The fourth-order valence-electron chi connectivity index (χ4n) is 2.33. The molecule has 1 rings (SSSR count). The van der Waals surface area contributed by atoms with Gasteiger partial charge in [-0.05, 0) is 43.5 Å². The van der Waals surface area contributed by atoms with Gasteiger partial charge in [-0.2, -0.15) is 0 Å².